The molecular formula is C11H11FN2S. The van der Waals surface area contributed by atoms with Crippen LogP contribution in [0, 0.1) is 0 Å². The van der Waals surface area contributed by atoms with E-state index < -0.39 is 0 Å². The Balaban J connectivity index is 1.93. The molecule has 1 aliphatic heterocycles. The molecule has 0 atom stereocenters. The van der Waals surface area contributed by atoms with Crippen molar-refractivity contribution in [3.8, 4) is 0 Å². The molecule has 1 aliphatic carbocycles. The highest BCUT2D eigenvalue weighted by Crippen LogP contribution is 2.32. The van der Waals surface area contributed by atoms with Crippen LogP contribution in [0.1, 0.15) is 28.4 Å². The van der Waals surface area contributed by atoms with Gasteiger partial charge in [-0.25, -0.2) is 9.37 Å². The van der Waals surface area contributed by atoms with Crippen molar-refractivity contribution in [1.82, 2.24) is 10.3 Å². The van der Waals surface area contributed by atoms with E-state index in [9.17, 15) is 4.39 Å². The van der Waals surface area contributed by atoms with Crippen molar-refractivity contribution >= 4 is 16.9 Å². The maximum Gasteiger partial charge on any atom is 0.119 e. The third kappa shape index (κ3) is 1.64. The van der Waals surface area contributed by atoms with Crippen LogP contribution in [0.15, 0.2) is 18.0 Å². The lowest BCUT2D eigenvalue weighted by Gasteiger charge is -2.07. The van der Waals surface area contributed by atoms with Crippen LogP contribution in [-0.4, -0.2) is 4.98 Å². The van der Waals surface area contributed by atoms with Crippen LogP contribution in [0.2, 0.25) is 0 Å². The fourth-order valence-corrected chi connectivity index (χ4v) is 2.98. The van der Waals surface area contributed by atoms with E-state index in [1.807, 2.05) is 6.08 Å². The number of halogens is 1. The Kier molecular flexibility index (Phi) is 2.18. The topological polar surface area (TPSA) is 24.9 Å². The minimum atomic E-state index is -0.0236. The van der Waals surface area contributed by atoms with Gasteiger partial charge in [0.2, 0.25) is 0 Å². The largest absolute Gasteiger partial charge is 0.306 e. The number of rotatable bonds is 1. The molecule has 0 spiro atoms. The summed E-state index contributed by atoms with van der Waals surface area (Å²) in [6.45, 7) is 1.81. The third-order valence-corrected chi connectivity index (χ3v) is 3.90. The highest BCUT2D eigenvalue weighted by molar-refractivity contribution is 7.12. The summed E-state index contributed by atoms with van der Waals surface area (Å²) in [5.41, 5.74) is 2.35. The highest BCUT2D eigenvalue weighted by Gasteiger charge is 2.18. The standard InChI is InChI=1S/C11H11FN2S/c12-8-3-1-7(2-4-8)11-14-9-5-13-6-10(9)15-11/h1,3,13H,2,4-6H2. The smallest absolute Gasteiger partial charge is 0.119 e. The first kappa shape index (κ1) is 9.24. The van der Waals surface area contributed by atoms with Gasteiger partial charge in [-0.15, -0.1) is 11.3 Å². The van der Waals surface area contributed by atoms with Gasteiger partial charge in [0.15, 0.2) is 0 Å². The van der Waals surface area contributed by atoms with E-state index in [-0.39, 0.29) is 5.83 Å². The molecule has 1 aromatic heterocycles. The first-order chi connectivity index (χ1) is 7.33. The summed E-state index contributed by atoms with van der Waals surface area (Å²) in [7, 11) is 0. The summed E-state index contributed by atoms with van der Waals surface area (Å²) in [6.07, 6.45) is 4.72. The van der Waals surface area contributed by atoms with E-state index in [4.69, 9.17) is 0 Å². The summed E-state index contributed by atoms with van der Waals surface area (Å²) in [4.78, 5) is 5.91. The Labute approximate surface area is 91.5 Å². The number of hydrogen-bond acceptors (Lipinski definition) is 3. The van der Waals surface area contributed by atoms with E-state index in [0.29, 0.717) is 6.42 Å². The Hall–Kier alpha value is -1.00. The van der Waals surface area contributed by atoms with Crippen LogP contribution in [0.25, 0.3) is 5.57 Å². The molecule has 0 aromatic carbocycles. The zero-order valence-corrected chi connectivity index (χ0v) is 9.03. The molecule has 0 saturated heterocycles. The molecule has 0 unspecified atom stereocenters. The molecular weight excluding hydrogens is 211 g/mol. The fourth-order valence-electron chi connectivity index (χ4n) is 1.88. The maximum absolute atomic E-state index is 12.8. The predicted molar refractivity (Wildman–Crippen MR) is 59.1 cm³/mol. The normalized spacial score (nSPS) is 19.8. The van der Waals surface area contributed by atoms with Gasteiger partial charge in [0, 0.05) is 24.4 Å². The molecule has 2 heterocycles. The Morgan fingerprint density at radius 3 is 2.93 bits per heavy atom. The van der Waals surface area contributed by atoms with E-state index in [2.05, 4.69) is 10.3 Å². The molecule has 15 heavy (non-hydrogen) atoms. The zero-order valence-electron chi connectivity index (χ0n) is 8.22. The van der Waals surface area contributed by atoms with Crippen LogP contribution in [-0.2, 0) is 13.1 Å². The average molecular weight is 222 g/mol. The summed E-state index contributed by atoms with van der Waals surface area (Å²) in [5, 5.41) is 4.34. The van der Waals surface area contributed by atoms with Crippen LogP contribution in [0.3, 0.4) is 0 Å². The Bertz CT molecular complexity index is 438. The first-order valence-corrected chi connectivity index (χ1v) is 5.89. The maximum atomic E-state index is 12.8. The van der Waals surface area contributed by atoms with E-state index in [1.165, 1.54) is 16.1 Å². The Morgan fingerprint density at radius 2 is 2.20 bits per heavy atom. The van der Waals surface area contributed by atoms with Crippen LogP contribution in [0.5, 0.6) is 0 Å². The molecule has 78 valence electrons. The molecule has 4 heteroatoms. The molecule has 0 amide bonds. The second-order valence-electron chi connectivity index (χ2n) is 3.80. The summed E-state index contributed by atoms with van der Waals surface area (Å²) < 4.78 is 12.8. The van der Waals surface area contributed by atoms with Gasteiger partial charge < -0.3 is 5.32 Å². The summed E-state index contributed by atoms with van der Waals surface area (Å²) >= 11 is 1.74. The molecule has 1 N–H and O–H groups in total. The lowest BCUT2D eigenvalue weighted by molar-refractivity contribution is 0.590. The van der Waals surface area contributed by atoms with Crippen molar-refractivity contribution in [2.75, 3.05) is 0 Å². The predicted octanol–water partition coefficient (Wildman–Crippen LogP) is 2.78. The minimum absolute atomic E-state index is 0.0236. The third-order valence-electron chi connectivity index (χ3n) is 2.73. The molecule has 1 aromatic rings. The van der Waals surface area contributed by atoms with Gasteiger partial charge >= 0.3 is 0 Å². The molecule has 3 rings (SSSR count). The quantitative estimate of drug-likeness (QED) is 0.790. The molecule has 0 radical (unpaired) electrons. The number of aromatic nitrogens is 1. The lowest BCUT2D eigenvalue weighted by Crippen LogP contribution is -2.02. The van der Waals surface area contributed by atoms with Crippen molar-refractivity contribution in [2.24, 2.45) is 0 Å². The zero-order chi connectivity index (χ0) is 10.3. The van der Waals surface area contributed by atoms with Gasteiger partial charge in [0.1, 0.15) is 10.8 Å². The number of hydrogen-bond donors (Lipinski definition) is 1. The van der Waals surface area contributed by atoms with Crippen molar-refractivity contribution in [3.05, 3.63) is 33.6 Å². The van der Waals surface area contributed by atoms with E-state index in [1.54, 1.807) is 17.4 Å². The second-order valence-corrected chi connectivity index (χ2v) is 4.88. The average Bonchev–Trinajstić information content (AvgIpc) is 2.78. The number of nitrogens with one attached hydrogen (secondary N) is 1. The molecule has 2 aliphatic rings. The first-order valence-electron chi connectivity index (χ1n) is 5.08. The van der Waals surface area contributed by atoms with Crippen LogP contribution >= 0.6 is 11.3 Å². The molecule has 2 nitrogen and oxygen atoms in total. The molecule has 0 saturated carbocycles. The fraction of sp³-hybridized carbons (Fsp3) is 0.364. The molecule has 0 fully saturated rings. The molecule has 0 bridgehead atoms. The summed E-state index contributed by atoms with van der Waals surface area (Å²) in [6, 6.07) is 0. The SMILES string of the molecule is FC1=CC=C(c2nc3c(s2)CNC3)CC1. The minimum Gasteiger partial charge on any atom is -0.306 e. The van der Waals surface area contributed by atoms with E-state index in [0.717, 1.165) is 24.5 Å². The van der Waals surface area contributed by atoms with Gasteiger partial charge in [0.05, 0.1) is 5.69 Å². The van der Waals surface area contributed by atoms with Gasteiger partial charge in [-0.1, -0.05) is 6.08 Å². The monoisotopic (exact) mass is 222 g/mol. The van der Waals surface area contributed by atoms with Gasteiger partial charge in [-0.05, 0) is 18.1 Å². The van der Waals surface area contributed by atoms with Gasteiger partial charge in [0.25, 0.3) is 0 Å². The number of nitrogens with zero attached hydrogens (tertiary/aromatic N) is 1. The van der Waals surface area contributed by atoms with E-state index >= 15 is 0 Å². The lowest BCUT2D eigenvalue weighted by atomic mass is 10.1. The number of allylic oxidation sites excluding steroid dienone is 4. The van der Waals surface area contributed by atoms with Gasteiger partial charge in [-0.2, -0.15) is 0 Å². The number of thiazole rings is 1. The summed E-state index contributed by atoms with van der Waals surface area (Å²) in [5.74, 6) is -0.0236. The second kappa shape index (κ2) is 3.54. The van der Waals surface area contributed by atoms with Crippen LogP contribution in [0.4, 0.5) is 4.39 Å². The number of fused-ring (bicyclic) bond motifs is 1. The highest BCUT2D eigenvalue weighted by atomic mass is 32.1. The Morgan fingerprint density at radius 1 is 1.27 bits per heavy atom. The van der Waals surface area contributed by atoms with Crippen molar-refractivity contribution in [2.45, 2.75) is 25.9 Å². The van der Waals surface area contributed by atoms with Crippen molar-refractivity contribution < 1.29 is 4.39 Å². The van der Waals surface area contributed by atoms with Gasteiger partial charge in [-0.3, -0.25) is 0 Å². The van der Waals surface area contributed by atoms with Crippen molar-refractivity contribution in [3.63, 3.8) is 0 Å². The van der Waals surface area contributed by atoms with Crippen LogP contribution < -0.4 is 5.32 Å². The van der Waals surface area contributed by atoms with Crippen molar-refractivity contribution in [1.29, 1.82) is 0 Å².